The van der Waals surface area contributed by atoms with Gasteiger partial charge >= 0.3 is 5.29 Å². The molecular weight excluding hydrogens is 561 g/mol. The average molecular weight is 632 g/mol. The maximum Gasteiger partial charge on any atom is 0.344 e. The summed E-state index contributed by atoms with van der Waals surface area (Å²) in [5, 5.41) is 8.17. The average Bonchev–Trinajstić information content (AvgIpc) is 3.25. The van der Waals surface area contributed by atoms with Gasteiger partial charge in [0.05, 0.1) is 20.2 Å². The standard InChI is InChI=1S/C9H21N3.C7H19NSi.C5H10ClN2.C3H9ClSi.C2H3N.2CH4/c1-5-12(6-2)9-10(3)7-8-11(9)4;1-6-8(7-2)9(3,4)5;1-7-3-4-8(2)5(7)6;1-5(2,3)4;1-2-3;;/h9H,5-8H2,1-4H3;6-7H2,1-5H3;3-4H2,1-2H3;1-3H3;1H3;2*1H4/q;;+1;;;;. The van der Waals surface area contributed by atoms with Crippen molar-refractivity contribution in [3.05, 3.63) is 0 Å². The number of likely N-dealkylation sites (N-methyl/N-ethyl adjacent to an activating group) is 4. The Balaban J connectivity index is -0.000000129. The van der Waals surface area contributed by atoms with Crippen molar-refractivity contribution in [3.63, 3.8) is 0 Å². The first-order chi connectivity index (χ1) is 16.9. The van der Waals surface area contributed by atoms with E-state index in [0.717, 1.165) is 31.5 Å². The fraction of sp³-hybridized carbons (Fsp3) is 0.929. The number of nitriles is 1. The highest BCUT2D eigenvalue weighted by molar-refractivity contribution is 7.18. The number of halogens is 2. The molecule has 0 unspecified atom stereocenters. The summed E-state index contributed by atoms with van der Waals surface area (Å²) in [6, 6.07) is 1.75. The second-order valence-electron chi connectivity index (χ2n) is 11.3. The van der Waals surface area contributed by atoms with E-state index < -0.39 is 15.6 Å². The molecule has 0 spiro atoms. The molecule has 0 aromatic heterocycles. The lowest BCUT2D eigenvalue weighted by Gasteiger charge is -2.35. The van der Waals surface area contributed by atoms with Crippen molar-refractivity contribution in [2.24, 2.45) is 0 Å². The summed E-state index contributed by atoms with van der Waals surface area (Å²) >= 11 is 11.5. The van der Waals surface area contributed by atoms with Crippen LogP contribution in [0.3, 0.4) is 0 Å². The first-order valence-corrected chi connectivity index (χ1v) is 22.0. The summed E-state index contributed by atoms with van der Waals surface area (Å²) in [6.45, 7) is 33.0. The number of nitrogens with zero attached hydrogens (tertiary/aromatic N) is 7. The van der Waals surface area contributed by atoms with E-state index >= 15 is 0 Å². The minimum absolute atomic E-state index is 0. The first-order valence-electron chi connectivity index (χ1n) is 13.7. The Morgan fingerprint density at radius 3 is 1.33 bits per heavy atom. The van der Waals surface area contributed by atoms with Gasteiger partial charge in [-0.1, -0.05) is 81.8 Å². The SMILES string of the molecule is C.C.CC#N.CCN(CC)C1N(C)CCN1C.CCN(CC)[Si](C)(C)C.CN1CC[N+](C)=C1Cl.C[Si](C)(C)Cl. The molecule has 0 aliphatic carbocycles. The molecular formula is C28H70Cl2N7Si2+. The molecule has 39 heavy (non-hydrogen) atoms. The van der Waals surface area contributed by atoms with E-state index in [9.17, 15) is 0 Å². The molecule has 2 rings (SSSR count). The Bertz CT molecular complexity index is 623. The van der Waals surface area contributed by atoms with Crippen molar-refractivity contribution in [1.29, 1.82) is 5.26 Å². The molecule has 0 radical (unpaired) electrons. The van der Waals surface area contributed by atoms with Gasteiger partial charge in [-0.05, 0) is 40.3 Å². The molecule has 7 nitrogen and oxygen atoms in total. The van der Waals surface area contributed by atoms with E-state index in [1.807, 2.05) is 23.6 Å². The van der Waals surface area contributed by atoms with E-state index in [1.54, 1.807) is 6.07 Å². The predicted octanol–water partition coefficient (Wildman–Crippen LogP) is 6.68. The van der Waals surface area contributed by atoms with Crippen LogP contribution in [0.15, 0.2) is 0 Å². The molecule has 1 saturated heterocycles. The zero-order valence-electron chi connectivity index (χ0n) is 27.1. The van der Waals surface area contributed by atoms with Crippen LogP contribution in [0.1, 0.15) is 49.5 Å². The number of hydrogen-bond acceptors (Lipinski definition) is 6. The normalized spacial score (nSPS) is 15.9. The van der Waals surface area contributed by atoms with E-state index in [2.05, 4.69) is 100 Å². The Kier molecular flexibility index (Phi) is 31.8. The highest BCUT2D eigenvalue weighted by Gasteiger charge is 2.29. The third kappa shape index (κ3) is 25.3. The third-order valence-corrected chi connectivity index (χ3v) is 8.95. The van der Waals surface area contributed by atoms with Gasteiger partial charge in [0.1, 0.15) is 35.0 Å². The van der Waals surface area contributed by atoms with Gasteiger partial charge in [0.25, 0.3) is 0 Å². The fourth-order valence-electron chi connectivity index (χ4n) is 3.94. The topological polar surface area (TPSA) is 43.0 Å². The maximum atomic E-state index is 7.32. The first kappa shape index (κ1) is 48.5. The summed E-state index contributed by atoms with van der Waals surface area (Å²) < 4.78 is 4.61. The zero-order chi connectivity index (χ0) is 30.0. The molecule has 0 saturated carbocycles. The lowest BCUT2D eigenvalue weighted by molar-refractivity contribution is -0.484. The monoisotopic (exact) mass is 630 g/mol. The number of hydrogen-bond donors (Lipinski definition) is 0. The third-order valence-electron chi connectivity index (χ3n) is 5.85. The minimum atomic E-state index is -1.14. The molecule has 238 valence electrons. The Hall–Kier alpha value is -0.186. The largest absolute Gasteiger partial charge is 0.344 e. The molecule has 2 aliphatic heterocycles. The van der Waals surface area contributed by atoms with E-state index in [1.165, 1.54) is 33.1 Å². The van der Waals surface area contributed by atoms with Gasteiger partial charge in [0.15, 0.2) is 0 Å². The number of rotatable bonds is 6. The van der Waals surface area contributed by atoms with Gasteiger partial charge in [-0.15, -0.1) is 0 Å². The van der Waals surface area contributed by atoms with E-state index in [4.69, 9.17) is 27.9 Å². The van der Waals surface area contributed by atoms with Crippen LogP contribution in [-0.4, -0.2) is 136 Å². The van der Waals surface area contributed by atoms with E-state index in [0.29, 0.717) is 6.29 Å². The van der Waals surface area contributed by atoms with Crippen LogP contribution in [0.25, 0.3) is 0 Å². The summed E-state index contributed by atoms with van der Waals surface area (Å²) in [4.78, 5) is 9.33. The Labute approximate surface area is 258 Å². The van der Waals surface area contributed by atoms with Gasteiger partial charge in [0, 0.05) is 31.6 Å². The minimum Gasteiger partial charge on any atom is -0.324 e. The van der Waals surface area contributed by atoms with Gasteiger partial charge in [-0.2, -0.15) is 16.3 Å². The van der Waals surface area contributed by atoms with Gasteiger partial charge in [-0.25, -0.2) is 0 Å². The van der Waals surface area contributed by atoms with Crippen molar-refractivity contribution in [1.82, 2.24) is 24.2 Å². The van der Waals surface area contributed by atoms with Crippen LogP contribution in [0.5, 0.6) is 0 Å². The summed E-state index contributed by atoms with van der Waals surface area (Å²) in [5.41, 5.74) is 0. The molecule has 0 aromatic carbocycles. The fourth-order valence-corrected chi connectivity index (χ4v) is 6.01. The van der Waals surface area contributed by atoms with Gasteiger partial charge in [0.2, 0.25) is 0 Å². The van der Waals surface area contributed by atoms with E-state index in [-0.39, 0.29) is 14.9 Å². The lowest BCUT2D eigenvalue weighted by Crippen LogP contribution is -2.49. The molecule has 0 bridgehead atoms. The smallest absolute Gasteiger partial charge is 0.324 e. The molecule has 0 atom stereocenters. The molecule has 2 aliphatic rings. The van der Waals surface area contributed by atoms with Crippen molar-refractivity contribution >= 4 is 43.6 Å². The molecule has 0 N–H and O–H groups in total. The lowest BCUT2D eigenvalue weighted by atomic mass is 10.5. The Morgan fingerprint density at radius 2 is 1.21 bits per heavy atom. The highest BCUT2D eigenvalue weighted by atomic mass is 35.6. The zero-order valence-corrected chi connectivity index (χ0v) is 30.6. The van der Waals surface area contributed by atoms with Crippen molar-refractivity contribution in [3.8, 4) is 6.07 Å². The molecule has 11 heteroatoms. The second kappa shape index (κ2) is 25.5. The molecule has 1 fully saturated rings. The maximum absolute atomic E-state index is 7.32. The van der Waals surface area contributed by atoms with Gasteiger partial charge < -0.3 is 4.57 Å². The van der Waals surface area contributed by atoms with Crippen LogP contribution >= 0.6 is 22.7 Å². The van der Waals surface area contributed by atoms with Crippen molar-refractivity contribution in [2.75, 3.05) is 80.5 Å². The van der Waals surface area contributed by atoms with Crippen LogP contribution in [0.2, 0.25) is 39.3 Å². The van der Waals surface area contributed by atoms with Crippen LogP contribution in [0, 0.1) is 11.3 Å². The Morgan fingerprint density at radius 1 is 0.872 bits per heavy atom. The second-order valence-corrected chi connectivity index (χ2v) is 24.1. The van der Waals surface area contributed by atoms with Crippen LogP contribution in [0.4, 0.5) is 0 Å². The molecule has 0 amide bonds. The van der Waals surface area contributed by atoms with Crippen LogP contribution < -0.4 is 0 Å². The predicted molar refractivity (Wildman–Crippen MR) is 187 cm³/mol. The van der Waals surface area contributed by atoms with Crippen molar-refractivity contribution in [2.45, 2.75) is 95.0 Å². The van der Waals surface area contributed by atoms with Crippen molar-refractivity contribution < 1.29 is 4.58 Å². The van der Waals surface area contributed by atoms with Gasteiger partial charge in [-0.3, -0.25) is 24.2 Å². The number of amidine groups is 1. The molecule has 2 heterocycles. The van der Waals surface area contributed by atoms with Crippen LogP contribution in [-0.2, 0) is 0 Å². The summed E-state index contributed by atoms with van der Waals surface area (Å²) in [7, 11) is 6.29. The summed E-state index contributed by atoms with van der Waals surface area (Å²) in [6.07, 6.45) is 0.528. The quantitative estimate of drug-likeness (QED) is 0.141. The highest BCUT2D eigenvalue weighted by Crippen LogP contribution is 2.13. The molecule has 0 aromatic rings. The summed E-state index contributed by atoms with van der Waals surface area (Å²) in [5.74, 6) is 0.